The lowest BCUT2D eigenvalue weighted by molar-refractivity contribution is -0.147. The lowest BCUT2D eigenvalue weighted by Crippen LogP contribution is -2.34. The van der Waals surface area contributed by atoms with Crippen molar-refractivity contribution in [3.63, 3.8) is 0 Å². The Labute approximate surface area is 219 Å². The first-order valence-electron chi connectivity index (χ1n) is 10.3. The molecule has 0 spiro atoms. The van der Waals surface area contributed by atoms with Gasteiger partial charge in [0.2, 0.25) is 0 Å². The minimum atomic E-state index is -0.617. The summed E-state index contributed by atoms with van der Waals surface area (Å²) in [6, 6.07) is 11.3. The fourth-order valence-electron chi connectivity index (χ4n) is 2.92. The van der Waals surface area contributed by atoms with Crippen molar-refractivity contribution in [3.05, 3.63) is 61.4 Å². The molecule has 10 heteroatoms. The molecule has 1 aliphatic heterocycles. The molecule has 2 aromatic carbocycles. The highest BCUT2D eigenvalue weighted by Crippen LogP contribution is 2.39. The first kappa shape index (κ1) is 26.3. The van der Waals surface area contributed by atoms with Crippen molar-refractivity contribution in [3.8, 4) is 11.5 Å². The summed E-state index contributed by atoms with van der Waals surface area (Å²) >= 11 is 7.68. The number of carbonyl (C=O) groups is 3. The van der Waals surface area contributed by atoms with Gasteiger partial charge in [0.05, 0.1) is 23.1 Å². The monoisotopic (exact) mass is 611 g/mol. The number of esters is 1. The highest BCUT2D eigenvalue weighted by atomic mass is 79.9. The smallest absolute Gasteiger partial charge is 0.326 e. The number of amides is 2. The van der Waals surface area contributed by atoms with Gasteiger partial charge >= 0.3 is 5.97 Å². The number of methoxy groups -OCH3 is 1. The van der Waals surface area contributed by atoms with Crippen LogP contribution in [-0.4, -0.2) is 42.3 Å². The van der Waals surface area contributed by atoms with Gasteiger partial charge in [0.1, 0.15) is 13.2 Å². The molecule has 1 fully saturated rings. The molecule has 34 heavy (non-hydrogen) atoms. The maximum atomic E-state index is 12.7. The molecule has 0 radical (unpaired) electrons. The van der Waals surface area contributed by atoms with Gasteiger partial charge in [-0.1, -0.05) is 41.9 Å². The quantitative estimate of drug-likeness (QED) is 0.252. The third-order valence-corrected chi connectivity index (χ3v) is 6.61. The molecule has 0 atom stereocenters. The maximum Gasteiger partial charge on any atom is 0.326 e. The Kier molecular flexibility index (Phi) is 9.21. The van der Waals surface area contributed by atoms with E-state index in [4.69, 9.17) is 14.2 Å². The van der Waals surface area contributed by atoms with Gasteiger partial charge in [-0.2, -0.15) is 0 Å². The maximum absolute atomic E-state index is 12.7. The van der Waals surface area contributed by atoms with Crippen LogP contribution in [0.15, 0.2) is 50.2 Å². The van der Waals surface area contributed by atoms with E-state index >= 15 is 0 Å². The zero-order valence-corrected chi connectivity index (χ0v) is 22.8. The van der Waals surface area contributed by atoms with E-state index in [2.05, 4.69) is 31.9 Å². The van der Waals surface area contributed by atoms with Crippen LogP contribution in [0.3, 0.4) is 0 Å². The lowest BCUT2D eigenvalue weighted by Gasteiger charge is -2.14. The largest absolute Gasteiger partial charge is 0.493 e. The molecule has 0 bridgehead atoms. The van der Waals surface area contributed by atoms with Crippen molar-refractivity contribution < 1.29 is 28.6 Å². The molecule has 0 N–H and O–H groups in total. The van der Waals surface area contributed by atoms with Gasteiger partial charge in [0.15, 0.2) is 11.5 Å². The second-order valence-electron chi connectivity index (χ2n) is 7.79. The Bertz CT molecular complexity index is 1120. The van der Waals surface area contributed by atoms with E-state index in [0.29, 0.717) is 28.1 Å². The summed E-state index contributed by atoms with van der Waals surface area (Å²) in [6.45, 7) is 3.96. The van der Waals surface area contributed by atoms with Gasteiger partial charge in [0, 0.05) is 4.47 Å². The normalized spacial score (nSPS) is 14.8. The van der Waals surface area contributed by atoms with Crippen LogP contribution < -0.4 is 9.47 Å². The average Bonchev–Trinajstić information content (AvgIpc) is 3.05. The van der Waals surface area contributed by atoms with Gasteiger partial charge in [-0.15, -0.1) is 0 Å². The predicted molar refractivity (Wildman–Crippen MR) is 138 cm³/mol. The van der Waals surface area contributed by atoms with Crippen molar-refractivity contribution >= 4 is 66.8 Å². The molecule has 3 rings (SSSR count). The molecule has 1 saturated heterocycles. The number of imide groups is 1. The molecule has 7 nitrogen and oxygen atoms in total. The number of hydrogen-bond donors (Lipinski definition) is 0. The van der Waals surface area contributed by atoms with Crippen molar-refractivity contribution in [2.75, 3.05) is 20.3 Å². The molecule has 0 aliphatic carbocycles. The van der Waals surface area contributed by atoms with Crippen LogP contribution in [0.2, 0.25) is 0 Å². The Hall–Kier alpha value is -2.30. The summed E-state index contributed by atoms with van der Waals surface area (Å²) < 4.78 is 18.1. The zero-order chi connectivity index (χ0) is 24.8. The number of ether oxygens (including phenoxy) is 3. The van der Waals surface area contributed by atoms with Crippen LogP contribution in [0, 0.1) is 5.92 Å². The first-order valence-corrected chi connectivity index (χ1v) is 12.7. The van der Waals surface area contributed by atoms with Crippen molar-refractivity contribution in [2.24, 2.45) is 5.92 Å². The second kappa shape index (κ2) is 11.9. The van der Waals surface area contributed by atoms with Gasteiger partial charge in [0.25, 0.3) is 11.1 Å². The number of rotatable bonds is 9. The van der Waals surface area contributed by atoms with E-state index < -0.39 is 23.7 Å². The van der Waals surface area contributed by atoms with E-state index in [9.17, 15) is 14.4 Å². The summed E-state index contributed by atoms with van der Waals surface area (Å²) in [7, 11) is 1.52. The second-order valence-corrected chi connectivity index (χ2v) is 10.6. The highest BCUT2D eigenvalue weighted by Gasteiger charge is 2.36. The number of hydrogen-bond acceptors (Lipinski definition) is 7. The molecule has 1 aliphatic rings. The van der Waals surface area contributed by atoms with E-state index in [1.54, 1.807) is 18.2 Å². The van der Waals surface area contributed by atoms with Crippen molar-refractivity contribution in [2.45, 2.75) is 20.5 Å². The Balaban J connectivity index is 1.74. The highest BCUT2D eigenvalue weighted by molar-refractivity contribution is 9.10. The molecule has 0 saturated carbocycles. The third kappa shape index (κ3) is 6.86. The number of thioether (sulfide) groups is 1. The molecular formula is C24H23Br2NO6S. The third-order valence-electron chi connectivity index (χ3n) is 4.58. The Morgan fingerprint density at radius 1 is 1.15 bits per heavy atom. The molecular weight excluding hydrogens is 590 g/mol. The molecule has 0 unspecified atom stereocenters. The molecule has 2 aromatic rings. The van der Waals surface area contributed by atoms with E-state index in [1.165, 1.54) is 7.11 Å². The topological polar surface area (TPSA) is 82.1 Å². The molecule has 1 heterocycles. The van der Waals surface area contributed by atoms with Gasteiger partial charge in [-0.3, -0.25) is 19.3 Å². The van der Waals surface area contributed by atoms with E-state index in [0.717, 1.165) is 26.7 Å². The SMILES string of the molecule is COc1cc(/C=C2/SC(=O)N(CC(=O)OCC(C)C)C2=O)cc(Br)c1OCc1ccc(Br)cc1. The summed E-state index contributed by atoms with van der Waals surface area (Å²) in [5.41, 5.74) is 1.62. The Morgan fingerprint density at radius 2 is 1.85 bits per heavy atom. The minimum Gasteiger partial charge on any atom is -0.493 e. The summed E-state index contributed by atoms with van der Waals surface area (Å²) in [6.07, 6.45) is 1.58. The fourth-order valence-corrected chi connectivity index (χ4v) is 4.60. The summed E-state index contributed by atoms with van der Waals surface area (Å²) in [4.78, 5) is 38.1. The number of carbonyl (C=O) groups excluding carboxylic acids is 3. The summed E-state index contributed by atoms with van der Waals surface area (Å²) in [5.74, 6) is -0.0112. The van der Waals surface area contributed by atoms with Crippen LogP contribution in [-0.2, 0) is 20.9 Å². The standard InChI is InChI=1S/C24H23Br2NO6S/c1-14(2)12-32-21(28)11-27-23(29)20(34-24(27)30)10-16-8-18(26)22(19(9-16)31-3)33-13-15-4-6-17(25)7-5-15/h4-10,14H,11-13H2,1-3H3/b20-10+. The number of halogens is 2. The summed E-state index contributed by atoms with van der Waals surface area (Å²) in [5, 5.41) is -0.516. The van der Waals surface area contributed by atoms with Crippen LogP contribution in [0.5, 0.6) is 11.5 Å². The van der Waals surface area contributed by atoms with Crippen LogP contribution in [0.25, 0.3) is 6.08 Å². The zero-order valence-electron chi connectivity index (χ0n) is 18.8. The molecule has 180 valence electrons. The van der Waals surface area contributed by atoms with Gasteiger partial charge in [-0.25, -0.2) is 0 Å². The van der Waals surface area contributed by atoms with Crippen LogP contribution in [0.4, 0.5) is 4.79 Å². The van der Waals surface area contributed by atoms with E-state index in [1.807, 2.05) is 38.1 Å². The predicted octanol–water partition coefficient (Wildman–Crippen LogP) is 6.03. The van der Waals surface area contributed by atoms with Crippen LogP contribution in [0.1, 0.15) is 25.0 Å². The minimum absolute atomic E-state index is 0.161. The van der Waals surface area contributed by atoms with Gasteiger partial charge in [-0.05, 0) is 75.1 Å². The average molecular weight is 613 g/mol. The van der Waals surface area contributed by atoms with Crippen LogP contribution >= 0.6 is 43.6 Å². The first-order chi connectivity index (χ1) is 16.2. The fraction of sp³-hybridized carbons (Fsp3) is 0.292. The van der Waals surface area contributed by atoms with E-state index in [-0.39, 0.29) is 17.4 Å². The lowest BCUT2D eigenvalue weighted by atomic mass is 10.1. The van der Waals surface area contributed by atoms with Crippen molar-refractivity contribution in [1.82, 2.24) is 4.90 Å². The molecule has 0 aromatic heterocycles. The van der Waals surface area contributed by atoms with Crippen molar-refractivity contribution in [1.29, 1.82) is 0 Å². The number of benzene rings is 2. The number of nitrogens with zero attached hydrogens (tertiary/aromatic N) is 1. The van der Waals surface area contributed by atoms with Gasteiger partial charge < -0.3 is 14.2 Å². The Morgan fingerprint density at radius 3 is 2.50 bits per heavy atom. The molecule has 2 amide bonds.